The third kappa shape index (κ3) is 4.08. The highest BCUT2D eigenvalue weighted by Crippen LogP contribution is 2.67. The Morgan fingerprint density at radius 2 is 1.02 bits per heavy atom. The van der Waals surface area contributed by atoms with Gasteiger partial charge in [0.1, 0.15) is 0 Å². The second-order valence-electron chi connectivity index (χ2n) is 15.6. The molecule has 0 radical (unpaired) electrons. The summed E-state index contributed by atoms with van der Waals surface area (Å²) in [5.41, 5.74) is 19.4. The zero-order valence-electron chi connectivity index (χ0n) is 30.0. The van der Waals surface area contributed by atoms with Gasteiger partial charge in [-0.15, -0.1) is 0 Å². The molecule has 1 spiro atoms. The van der Waals surface area contributed by atoms with Crippen LogP contribution >= 0.6 is 0 Å². The van der Waals surface area contributed by atoms with Crippen LogP contribution in [0.3, 0.4) is 0 Å². The van der Waals surface area contributed by atoms with Crippen LogP contribution in [0.5, 0.6) is 0 Å². The van der Waals surface area contributed by atoms with E-state index < -0.39 is 0 Å². The fourth-order valence-electron chi connectivity index (χ4n) is 10.5. The molecule has 1 nitrogen and oxygen atoms in total. The van der Waals surface area contributed by atoms with Gasteiger partial charge >= 0.3 is 0 Å². The summed E-state index contributed by atoms with van der Waals surface area (Å²) in [6.07, 6.45) is 9.46. The lowest BCUT2D eigenvalue weighted by atomic mass is 9.65. The smallest absolute Gasteiger partial charge is 0.0558 e. The lowest BCUT2D eigenvalue weighted by Gasteiger charge is -2.39. The van der Waals surface area contributed by atoms with Crippen LogP contribution in [0.1, 0.15) is 53.1 Å². The number of hydrogen-bond donors (Lipinski definition) is 0. The van der Waals surface area contributed by atoms with Crippen LogP contribution in [0.4, 0.5) is 17.1 Å². The molecule has 2 unspecified atom stereocenters. The molecule has 0 fully saturated rings. The first-order chi connectivity index (χ1) is 26.1. The normalized spacial score (nSPS) is 18.5. The van der Waals surface area contributed by atoms with Crippen molar-refractivity contribution in [3.05, 3.63) is 221 Å². The molecule has 53 heavy (non-hydrogen) atoms. The van der Waals surface area contributed by atoms with E-state index in [4.69, 9.17) is 0 Å². The minimum absolute atomic E-state index is 0.113. The molecule has 7 aromatic rings. The highest BCUT2D eigenvalue weighted by molar-refractivity contribution is 5.92. The minimum Gasteiger partial charge on any atom is -0.310 e. The lowest BCUT2D eigenvalue weighted by molar-refractivity contribution is 0.466. The molecule has 4 aliphatic rings. The van der Waals surface area contributed by atoms with Gasteiger partial charge in [-0.1, -0.05) is 172 Å². The predicted octanol–water partition coefficient (Wildman–Crippen LogP) is 13.3. The van der Waals surface area contributed by atoms with Gasteiger partial charge in [-0.3, -0.25) is 0 Å². The Bertz CT molecular complexity index is 2610. The Hall–Kier alpha value is -6.18. The van der Waals surface area contributed by atoms with Crippen LogP contribution in [0.25, 0.3) is 33.4 Å². The summed E-state index contributed by atoms with van der Waals surface area (Å²) in [4.78, 5) is 2.56. The quantitative estimate of drug-likeness (QED) is 0.179. The van der Waals surface area contributed by atoms with Crippen molar-refractivity contribution in [2.75, 3.05) is 4.90 Å². The van der Waals surface area contributed by atoms with Crippen LogP contribution < -0.4 is 4.90 Å². The van der Waals surface area contributed by atoms with Crippen molar-refractivity contribution in [2.45, 2.75) is 30.6 Å². The molecule has 0 bridgehead atoms. The van der Waals surface area contributed by atoms with E-state index in [-0.39, 0.29) is 22.7 Å². The van der Waals surface area contributed by atoms with Gasteiger partial charge in [0.15, 0.2) is 0 Å². The second-order valence-corrected chi connectivity index (χ2v) is 15.6. The molecule has 2 atom stereocenters. The first kappa shape index (κ1) is 30.4. The first-order valence-corrected chi connectivity index (χ1v) is 18.9. The van der Waals surface area contributed by atoms with Gasteiger partial charge in [0, 0.05) is 28.6 Å². The van der Waals surface area contributed by atoms with Crippen LogP contribution in [-0.4, -0.2) is 0 Å². The van der Waals surface area contributed by atoms with E-state index in [1.807, 2.05) is 0 Å². The Morgan fingerprint density at radius 3 is 1.74 bits per heavy atom. The van der Waals surface area contributed by atoms with E-state index in [2.05, 4.69) is 207 Å². The number of fused-ring (bicyclic) bond motifs is 13. The van der Waals surface area contributed by atoms with Gasteiger partial charge in [0.2, 0.25) is 0 Å². The number of allylic oxidation sites excluding steroid dienone is 4. The van der Waals surface area contributed by atoms with E-state index in [9.17, 15) is 0 Å². The number of anilines is 3. The third-order valence-electron chi connectivity index (χ3n) is 12.8. The summed E-state index contributed by atoms with van der Waals surface area (Å²) in [7, 11) is 0. The Kier molecular flexibility index (Phi) is 6.41. The zero-order chi connectivity index (χ0) is 35.3. The van der Waals surface area contributed by atoms with Crippen LogP contribution in [0.2, 0.25) is 0 Å². The van der Waals surface area contributed by atoms with Crippen molar-refractivity contribution in [2.24, 2.45) is 5.92 Å². The van der Waals surface area contributed by atoms with Crippen molar-refractivity contribution in [3.8, 4) is 33.4 Å². The molecule has 252 valence electrons. The average Bonchev–Trinajstić information content (AvgIpc) is 3.78. The molecule has 4 aliphatic carbocycles. The highest BCUT2D eigenvalue weighted by Gasteiger charge is 2.58. The number of hydrogen-bond acceptors (Lipinski definition) is 1. The van der Waals surface area contributed by atoms with Crippen molar-refractivity contribution < 1.29 is 0 Å². The maximum absolute atomic E-state index is 2.56. The summed E-state index contributed by atoms with van der Waals surface area (Å²) in [5, 5.41) is 0. The lowest BCUT2D eigenvalue weighted by Crippen LogP contribution is -2.34. The predicted molar refractivity (Wildman–Crippen MR) is 220 cm³/mol. The van der Waals surface area contributed by atoms with Crippen molar-refractivity contribution >= 4 is 17.1 Å². The summed E-state index contributed by atoms with van der Waals surface area (Å²) in [5.74, 6) is 0.522. The Morgan fingerprint density at radius 1 is 0.453 bits per heavy atom. The average molecular weight is 678 g/mol. The van der Waals surface area contributed by atoms with Crippen LogP contribution in [-0.2, 0) is 10.8 Å². The minimum atomic E-state index is -0.348. The third-order valence-corrected chi connectivity index (χ3v) is 12.8. The SMILES string of the molecule is CC1(C)c2ccccc2-c2ccc(N(c3ccc(-c4ccccc4)cc3)c3cccc4c3C3(c5ccccc5-c5ccccc53)C3C=CC=CC43)cc21. The summed E-state index contributed by atoms with van der Waals surface area (Å²) >= 11 is 0. The van der Waals surface area contributed by atoms with Crippen molar-refractivity contribution in [1.29, 1.82) is 0 Å². The molecular formula is C52H39N. The van der Waals surface area contributed by atoms with Gasteiger partial charge in [0.25, 0.3) is 0 Å². The van der Waals surface area contributed by atoms with Crippen LogP contribution in [0.15, 0.2) is 188 Å². The van der Waals surface area contributed by atoms with Gasteiger partial charge < -0.3 is 4.90 Å². The van der Waals surface area contributed by atoms with E-state index >= 15 is 0 Å². The topological polar surface area (TPSA) is 3.24 Å². The monoisotopic (exact) mass is 677 g/mol. The number of benzene rings is 7. The maximum Gasteiger partial charge on any atom is 0.0558 e. The van der Waals surface area contributed by atoms with Gasteiger partial charge in [-0.05, 0) is 97.1 Å². The van der Waals surface area contributed by atoms with E-state index in [1.165, 1.54) is 78.1 Å². The zero-order valence-corrected chi connectivity index (χ0v) is 30.0. The Balaban J connectivity index is 1.20. The molecule has 0 saturated heterocycles. The van der Waals surface area contributed by atoms with Gasteiger partial charge in [-0.2, -0.15) is 0 Å². The molecule has 0 saturated carbocycles. The van der Waals surface area contributed by atoms with E-state index in [0.717, 1.165) is 5.69 Å². The standard InChI is InChI=1S/C52H39N/c1-51(2)44-22-10-6-17-38(44)42-32-31-37(33-48(42)51)53(36-29-27-35(28-30-36)34-15-4-3-5-16-34)49-26-14-21-43-41-20-9-13-25-47(41)52(50(43)49)45-23-11-7-18-39(45)40-19-8-12-24-46(40)52/h3-33,41,47H,1-2H3. The largest absolute Gasteiger partial charge is 0.310 e. The molecule has 1 heteroatoms. The molecule has 11 rings (SSSR count). The fourth-order valence-corrected chi connectivity index (χ4v) is 10.5. The second kappa shape index (κ2) is 11.2. The molecule has 0 aromatic heterocycles. The molecule has 0 N–H and O–H groups in total. The summed E-state index contributed by atoms with van der Waals surface area (Å²) in [6, 6.07) is 61.5. The summed E-state index contributed by atoms with van der Waals surface area (Å²) < 4.78 is 0. The first-order valence-electron chi connectivity index (χ1n) is 18.9. The Labute approximate surface area is 312 Å². The maximum atomic E-state index is 2.56. The van der Waals surface area contributed by atoms with Gasteiger partial charge in [0.05, 0.1) is 11.1 Å². The van der Waals surface area contributed by atoms with E-state index in [0.29, 0.717) is 0 Å². The molecule has 0 amide bonds. The van der Waals surface area contributed by atoms with Gasteiger partial charge in [-0.25, -0.2) is 0 Å². The number of nitrogens with zero attached hydrogens (tertiary/aromatic N) is 1. The summed E-state index contributed by atoms with van der Waals surface area (Å²) in [6.45, 7) is 4.76. The van der Waals surface area contributed by atoms with Crippen LogP contribution in [0, 0.1) is 5.92 Å². The highest BCUT2D eigenvalue weighted by atomic mass is 15.1. The molecule has 0 aliphatic heterocycles. The fraction of sp³-hybridized carbons (Fsp3) is 0.115. The van der Waals surface area contributed by atoms with E-state index in [1.54, 1.807) is 0 Å². The molecule has 7 aromatic carbocycles. The number of rotatable bonds is 4. The molecule has 0 heterocycles. The van der Waals surface area contributed by atoms with Crippen molar-refractivity contribution in [1.82, 2.24) is 0 Å². The molecular weight excluding hydrogens is 639 g/mol. The van der Waals surface area contributed by atoms with Crippen molar-refractivity contribution in [3.63, 3.8) is 0 Å².